The van der Waals surface area contributed by atoms with Crippen LogP contribution in [0.25, 0.3) is 10.8 Å². The molecule has 1 heterocycles. The van der Waals surface area contributed by atoms with E-state index in [-0.39, 0.29) is 5.91 Å². The third-order valence-corrected chi connectivity index (χ3v) is 3.02. The molecule has 0 saturated heterocycles. The number of nitrogens with one attached hydrogen (secondary N) is 2. The van der Waals surface area contributed by atoms with Gasteiger partial charge in [0.25, 0.3) is 5.91 Å². The van der Waals surface area contributed by atoms with Crippen LogP contribution in [0.2, 0.25) is 0 Å². The van der Waals surface area contributed by atoms with E-state index < -0.39 is 0 Å². The summed E-state index contributed by atoms with van der Waals surface area (Å²) in [5, 5.41) is 4.55. The van der Waals surface area contributed by atoms with Gasteiger partial charge in [-0.05, 0) is 19.5 Å². The van der Waals surface area contributed by atoms with Crippen LogP contribution in [0.3, 0.4) is 0 Å². The molecule has 2 rings (SSSR count). The number of likely N-dealkylation sites (N-methyl/N-ethyl adjacent to an activating group) is 1. The van der Waals surface area contributed by atoms with E-state index in [4.69, 9.17) is 5.84 Å². The predicted molar refractivity (Wildman–Crippen MR) is 80.4 cm³/mol. The summed E-state index contributed by atoms with van der Waals surface area (Å²) in [6.07, 6.45) is 1.54. The van der Waals surface area contributed by atoms with Gasteiger partial charge >= 0.3 is 0 Å². The van der Waals surface area contributed by atoms with Gasteiger partial charge in [0.15, 0.2) is 0 Å². The smallest absolute Gasteiger partial charge is 0.253 e. The summed E-state index contributed by atoms with van der Waals surface area (Å²) in [5.41, 5.74) is 3.10. The van der Waals surface area contributed by atoms with Crippen molar-refractivity contribution in [3.63, 3.8) is 0 Å². The Balaban J connectivity index is 2.28. The fraction of sp³-hybridized carbons (Fsp3) is 0.286. The zero-order chi connectivity index (χ0) is 14.5. The molecular weight excluding hydrogens is 254 g/mol. The molecule has 0 unspecified atom stereocenters. The molecule has 0 bridgehead atoms. The van der Waals surface area contributed by atoms with E-state index in [0.29, 0.717) is 17.9 Å². The Morgan fingerprint density at radius 1 is 1.30 bits per heavy atom. The molecule has 1 aromatic heterocycles. The Kier molecular flexibility index (Phi) is 4.49. The van der Waals surface area contributed by atoms with Gasteiger partial charge in [-0.3, -0.25) is 4.79 Å². The maximum Gasteiger partial charge on any atom is 0.253 e. The highest BCUT2D eigenvalue weighted by Crippen LogP contribution is 2.23. The topological polar surface area (TPSA) is 83.3 Å². The average Bonchev–Trinajstić information content (AvgIpc) is 2.45. The first kappa shape index (κ1) is 14.2. The van der Waals surface area contributed by atoms with E-state index >= 15 is 0 Å². The number of aromatic nitrogens is 1. The standard InChI is InChI=1S/C14H19N5O/c1-19(2)8-7-16-14(20)12-9-17-13(18-15)11-6-4-3-5-10(11)12/h3-6,9H,7-8,15H2,1-2H3,(H,16,20)(H,17,18). The summed E-state index contributed by atoms with van der Waals surface area (Å²) in [4.78, 5) is 18.4. The lowest BCUT2D eigenvalue weighted by atomic mass is 10.1. The first-order valence-corrected chi connectivity index (χ1v) is 6.40. The lowest BCUT2D eigenvalue weighted by Gasteiger charge is -2.12. The van der Waals surface area contributed by atoms with Crippen molar-refractivity contribution in [3.05, 3.63) is 36.0 Å². The van der Waals surface area contributed by atoms with Crippen LogP contribution in [0.5, 0.6) is 0 Å². The Hall–Kier alpha value is -2.18. The van der Waals surface area contributed by atoms with Crippen LogP contribution in [-0.2, 0) is 0 Å². The van der Waals surface area contributed by atoms with Gasteiger partial charge in [-0.15, -0.1) is 0 Å². The third kappa shape index (κ3) is 3.04. The number of hydrazine groups is 1. The highest BCUT2D eigenvalue weighted by molar-refractivity contribution is 6.09. The Morgan fingerprint density at radius 3 is 2.65 bits per heavy atom. The Morgan fingerprint density at radius 2 is 2.00 bits per heavy atom. The van der Waals surface area contributed by atoms with E-state index in [1.54, 1.807) is 6.20 Å². The minimum atomic E-state index is -0.126. The van der Waals surface area contributed by atoms with Gasteiger partial charge < -0.3 is 15.6 Å². The number of fused-ring (bicyclic) bond motifs is 1. The largest absolute Gasteiger partial charge is 0.351 e. The Bertz CT molecular complexity index is 612. The maximum atomic E-state index is 12.2. The van der Waals surface area contributed by atoms with Gasteiger partial charge in [-0.25, -0.2) is 10.8 Å². The molecule has 0 radical (unpaired) electrons. The van der Waals surface area contributed by atoms with Crippen molar-refractivity contribution >= 4 is 22.5 Å². The monoisotopic (exact) mass is 273 g/mol. The number of pyridine rings is 1. The average molecular weight is 273 g/mol. The number of benzene rings is 1. The van der Waals surface area contributed by atoms with Crippen molar-refractivity contribution in [2.75, 3.05) is 32.6 Å². The number of rotatable bonds is 5. The summed E-state index contributed by atoms with van der Waals surface area (Å²) in [6, 6.07) is 7.55. The molecule has 0 aliphatic heterocycles. The van der Waals surface area contributed by atoms with Gasteiger partial charge in [0.05, 0.1) is 5.56 Å². The van der Waals surface area contributed by atoms with Crippen LogP contribution in [0.1, 0.15) is 10.4 Å². The molecule has 20 heavy (non-hydrogen) atoms. The molecule has 0 saturated carbocycles. The minimum absolute atomic E-state index is 0.126. The molecule has 0 fully saturated rings. The van der Waals surface area contributed by atoms with Gasteiger partial charge in [0.2, 0.25) is 0 Å². The first-order chi connectivity index (χ1) is 9.63. The lowest BCUT2D eigenvalue weighted by molar-refractivity contribution is 0.0952. The van der Waals surface area contributed by atoms with Gasteiger partial charge in [-0.2, -0.15) is 0 Å². The second kappa shape index (κ2) is 6.31. The van der Waals surface area contributed by atoms with Crippen molar-refractivity contribution < 1.29 is 4.79 Å². The number of hydrogen-bond acceptors (Lipinski definition) is 5. The molecule has 0 aliphatic carbocycles. The Labute approximate surface area is 117 Å². The molecule has 6 heteroatoms. The van der Waals surface area contributed by atoms with Crippen molar-refractivity contribution in [1.29, 1.82) is 0 Å². The van der Waals surface area contributed by atoms with E-state index in [9.17, 15) is 4.79 Å². The van der Waals surface area contributed by atoms with Crippen molar-refractivity contribution in [3.8, 4) is 0 Å². The molecule has 1 amide bonds. The number of anilines is 1. The fourth-order valence-corrected chi connectivity index (χ4v) is 1.98. The van der Waals surface area contributed by atoms with Gasteiger partial charge in [0.1, 0.15) is 5.82 Å². The van der Waals surface area contributed by atoms with E-state index in [0.717, 1.165) is 17.3 Å². The molecule has 6 nitrogen and oxygen atoms in total. The second-order valence-corrected chi connectivity index (χ2v) is 4.77. The van der Waals surface area contributed by atoms with E-state index in [2.05, 4.69) is 15.7 Å². The molecule has 0 atom stereocenters. The quantitative estimate of drug-likeness (QED) is 0.555. The van der Waals surface area contributed by atoms with Crippen molar-refractivity contribution in [2.45, 2.75) is 0 Å². The first-order valence-electron chi connectivity index (χ1n) is 6.40. The number of nitrogens with two attached hydrogens (primary N) is 1. The van der Waals surface area contributed by atoms with E-state index in [1.807, 2.05) is 43.3 Å². The second-order valence-electron chi connectivity index (χ2n) is 4.77. The molecule has 0 aliphatic rings. The van der Waals surface area contributed by atoms with Crippen molar-refractivity contribution in [1.82, 2.24) is 15.2 Å². The van der Waals surface area contributed by atoms with Crippen LogP contribution >= 0.6 is 0 Å². The zero-order valence-electron chi connectivity index (χ0n) is 11.7. The maximum absolute atomic E-state index is 12.2. The van der Waals surface area contributed by atoms with Crippen LogP contribution < -0.4 is 16.6 Å². The number of nitrogens with zero attached hydrogens (tertiary/aromatic N) is 2. The van der Waals surface area contributed by atoms with Crippen LogP contribution in [0, 0.1) is 0 Å². The number of hydrogen-bond donors (Lipinski definition) is 3. The highest BCUT2D eigenvalue weighted by atomic mass is 16.1. The summed E-state index contributed by atoms with van der Waals surface area (Å²) < 4.78 is 0. The highest BCUT2D eigenvalue weighted by Gasteiger charge is 2.12. The van der Waals surface area contributed by atoms with Crippen LogP contribution in [-0.4, -0.2) is 43.0 Å². The lowest BCUT2D eigenvalue weighted by Crippen LogP contribution is -2.31. The molecule has 1 aromatic carbocycles. The molecule has 106 valence electrons. The SMILES string of the molecule is CN(C)CCNC(=O)c1cnc(NN)c2ccccc12. The fourth-order valence-electron chi connectivity index (χ4n) is 1.98. The summed E-state index contributed by atoms with van der Waals surface area (Å²) in [6.45, 7) is 1.39. The van der Waals surface area contributed by atoms with Crippen LogP contribution in [0.15, 0.2) is 30.5 Å². The summed E-state index contributed by atoms with van der Waals surface area (Å²) >= 11 is 0. The number of carbonyl (C=O) groups is 1. The third-order valence-electron chi connectivity index (χ3n) is 3.02. The van der Waals surface area contributed by atoms with Gasteiger partial charge in [0, 0.05) is 24.7 Å². The molecule has 2 aromatic rings. The van der Waals surface area contributed by atoms with Crippen molar-refractivity contribution in [2.24, 2.45) is 5.84 Å². The minimum Gasteiger partial charge on any atom is -0.351 e. The normalized spacial score (nSPS) is 10.8. The van der Waals surface area contributed by atoms with E-state index in [1.165, 1.54) is 0 Å². The van der Waals surface area contributed by atoms with Gasteiger partial charge in [-0.1, -0.05) is 24.3 Å². The zero-order valence-corrected chi connectivity index (χ0v) is 11.7. The molecule has 4 N–H and O–H groups in total. The predicted octanol–water partition coefficient (Wildman–Crippen LogP) is 0.812. The number of carbonyl (C=O) groups excluding carboxylic acids is 1. The number of nitrogen functional groups attached to an aromatic ring is 1. The summed E-state index contributed by atoms with van der Waals surface area (Å²) in [5.74, 6) is 5.87. The molecular formula is C14H19N5O. The molecule has 0 spiro atoms. The summed E-state index contributed by atoms with van der Waals surface area (Å²) in [7, 11) is 3.93. The number of amides is 1. The van der Waals surface area contributed by atoms with Crippen LogP contribution in [0.4, 0.5) is 5.82 Å².